The largest absolute Gasteiger partial charge is 0.491 e. The van der Waals surface area contributed by atoms with Crippen molar-refractivity contribution in [1.82, 2.24) is 20.1 Å². The van der Waals surface area contributed by atoms with E-state index in [-0.39, 0.29) is 54.6 Å². The monoisotopic (exact) mass is 672 g/mol. The van der Waals surface area contributed by atoms with Gasteiger partial charge >= 0.3 is 0 Å². The highest BCUT2D eigenvalue weighted by Crippen LogP contribution is 2.32. The Labute approximate surface area is 262 Å². The summed E-state index contributed by atoms with van der Waals surface area (Å²) in [6, 6.07) is 7.09. The molecule has 4 amide bonds. The van der Waals surface area contributed by atoms with Gasteiger partial charge in [0.05, 0.1) is 23.3 Å². The molecule has 44 heavy (non-hydrogen) atoms. The number of halogens is 2. The standard InChI is InChI=1S/C31H34BrFN4O7/c32-18-1-6-28(34-16-18)44-23-13-22(14-23)43-20-8-11-36(12-9-20)10-7-19(33)17-42-21-2-3-24-25(15-21)31(41)37(30(24)40)26-4-5-27(38)35-29(26)39/h1-3,6,15-16,19-20,22-23,26H,4-5,7-14,17H2,(H,35,38,39). The van der Waals surface area contributed by atoms with Crippen LogP contribution >= 0.6 is 15.9 Å². The Morgan fingerprint density at radius 3 is 2.48 bits per heavy atom. The summed E-state index contributed by atoms with van der Waals surface area (Å²) in [6.07, 6.45) is 5.00. The first kappa shape index (κ1) is 30.6. The fourth-order valence-corrected chi connectivity index (χ4v) is 6.24. The molecule has 2 unspecified atom stereocenters. The van der Waals surface area contributed by atoms with Gasteiger partial charge in [0.15, 0.2) is 0 Å². The number of alkyl halides is 1. The summed E-state index contributed by atoms with van der Waals surface area (Å²) in [6.45, 7) is 2.11. The van der Waals surface area contributed by atoms with Crippen molar-refractivity contribution in [3.63, 3.8) is 0 Å². The number of piperidine rings is 2. The second-order valence-electron chi connectivity index (χ2n) is 11.7. The van der Waals surface area contributed by atoms with Crippen LogP contribution in [0.5, 0.6) is 11.6 Å². The number of imide groups is 2. The van der Waals surface area contributed by atoms with E-state index in [1.807, 2.05) is 12.1 Å². The number of hydrogen-bond acceptors (Lipinski definition) is 9. The quantitative estimate of drug-likeness (QED) is 0.357. The predicted octanol–water partition coefficient (Wildman–Crippen LogP) is 3.44. The molecular formula is C31H34BrFN4O7. The predicted molar refractivity (Wildman–Crippen MR) is 158 cm³/mol. The van der Waals surface area contributed by atoms with Gasteiger partial charge in [0.25, 0.3) is 11.8 Å². The molecule has 1 aliphatic carbocycles. The number of ether oxygens (including phenoxy) is 3. The molecule has 0 radical (unpaired) electrons. The number of aromatic nitrogens is 1. The van der Waals surface area contributed by atoms with Crippen molar-refractivity contribution in [3.05, 3.63) is 52.1 Å². The first-order chi connectivity index (χ1) is 21.2. The third-order valence-electron chi connectivity index (χ3n) is 8.56. The number of likely N-dealkylation sites (tertiary alicyclic amines) is 1. The number of carbonyl (C=O) groups is 4. The van der Waals surface area contributed by atoms with E-state index in [1.165, 1.54) is 18.2 Å². The number of fused-ring (bicyclic) bond motifs is 1. The normalized spacial score (nSPS) is 25.0. The zero-order chi connectivity index (χ0) is 30.8. The van der Waals surface area contributed by atoms with Crippen molar-refractivity contribution in [3.8, 4) is 11.6 Å². The lowest BCUT2D eigenvalue weighted by Crippen LogP contribution is -2.54. The Morgan fingerprint density at radius 1 is 0.977 bits per heavy atom. The minimum Gasteiger partial charge on any atom is -0.491 e. The molecule has 4 heterocycles. The third kappa shape index (κ3) is 6.94. The van der Waals surface area contributed by atoms with Gasteiger partial charge in [-0.1, -0.05) is 0 Å². The van der Waals surface area contributed by atoms with Crippen molar-refractivity contribution in [1.29, 1.82) is 0 Å². The number of nitrogens with zero attached hydrogens (tertiary/aromatic N) is 3. The lowest BCUT2D eigenvalue weighted by molar-refractivity contribution is -0.136. The summed E-state index contributed by atoms with van der Waals surface area (Å²) in [7, 11) is 0. The molecule has 3 fully saturated rings. The SMILES string of the molecule is O=C1CCC(N2C(=O)c3ccc(OCC(F)CCN4CCC(OC5CC(Oc6ccc(Br)cn6)C5)CC4)cc3C2=O)C(=O)N1. The van der Waals surface area contributed by atoms with Crippen molar-refractivity contribution >= 4 is 39.6 Å². The zero-order valence-corrected chi connectivity index (χ0v) is 25.7. The number of benzene rings is 1. The fourth-order valence-electron chi connectivity index (χ4n) is 6.00. The van der Waals surface area contributed by atoms with E-state index in [2.05, 4.69) is 31.1 Å². The smallest absolute Gasteiger partial charge is 0.262 e. The van der Waals surface area contributed by atoms with Crippen LogP contribution in [0.3, 0.4) is 0 Å². The van der Waals surface area contributed by atoms with Gasteiger partial charge in [0, 0.05) is 55.6 Å². The molecule has 1 saturated carbocycles. The molecule has 1 aromatic carbocycles. The number of nitrogens with one attached hydrogen (secondary N) is 1. The molecule has 0 spiro atoms. The lowest BCUT2D eigenvalue weighted by atomic mass is 9.91. The van der Waals surface area contributed by atoms with Crippen LogP contribution in [0.15, 0.2) is 41.0 Å². The number of hydrogen-bond donors (Lipinski definition) is 1. The van der Waals surface area contributed by atoms with Crippen LogP contribution in [-0.4, -0.2) is 95.2 Å². The molecule has 6 rings (SSSR count). The van der Waals surface area contributed by atoms with E-state index < -0.39 is 35.8 Å². The Hall–Kier alpha value is -3.42. The molecule has 1 N–H and O–H groups in total. The summed E-state index contributed by atoms with van der Waals surface area (Å²) in [5.74, 6) is -1.43. The van der Waals surface area contributed by atoms with E-state index in [1.54, 1.807) is 6.20 Å². The maximum absolute atomic E-state index is 14.8. The van der Waals surface area contributed by atoms with Gasteiger partial charge in [-0.2, -0.15) is 0 Å². The summed E-state index contributed by atoms with van der Waals surface area (Å²) < 4.78 is 33.4. The molecule has 0 bridgehead atoms. The summed E-state index contributed by atoms with van der Waals surface area (Å²) >= 11 is 3.37. The molecule has 2 saturated heterocycles. The fraction of sp³-hybridized carbons (Fsp3) is 0.516. The van der Waals surface area contributed by atoms with Gasteiger partial charge in [-0.05, 0) is 65.9 Å². The Bertz CT molecular complexity index is 1410. The van der Waals surface area contributed by atoms with Crippen molar-refractivity contribution in [2.24, 2.45) is 0 Å². The van der Waals surface area contributed by atoms with Gasteiger partial charge in [-0.25, -0.2) is 9.37 Å². The number of amides is 4. The first-order valence-corrected chi connectivity index (χ1v) is 15.8. The molecule has 2 atom stereocenters. The number of carbonyl (C=O) groups excluding carboxylic acids is 4. The molecule has 2 aromatic rings. The Kier molecular flexibility index (Phi) is 9.24. The highest BCUT2D eigenvalue weighted by molar-refractivity contribution is 9.10. The molecular weight excluding hydrogens is 639 g/mol. The second-order valence-corrected chi connectivity index (χ2v) is 12.6. The van der Waals surface area contributed by atoms with E-state index in [4.69, 9.17) is 14.2 Å². The van der Waals surface area contributed by atoms with E-state index in [0.29, 0.717) is 18.8 Å². The maximum atomic E-state index is 14.8. The number of rotatable bonds is 11. The van der Waals surface area contributed by atoms with Gasteiger partial charge in [0.1, 0.15) is 30.7 Å². The molecule has 11 nitrogen and oxygen atoms in total. The van der Waals surface area contributed by atoms with E-state index in [9.17, 15) is 23.6 Å². The van der Waals surface area contributed by atoms with Crippen LogP contribution in [0.1, 0.15) is 65.7 Å². The van der Waals surface area contributed by atoms with Crippen LogP contribution in [0.25, 0.3) is 0 Å². The second kappa shape index (κ2) is 13.3. The topological polar surface area (TPSA) is 127 Å². The van der Waals surface area contributed by atoms with Crippen molar-refractivity contribution < 1.29 is 37.8 Å². The van der Waals surface area contributed by atoms with Crippen molar-refractivity contribution in [2.75, 3.05) is 26.2 Å². The van der Waals surface area contributed by atoms with Gasteiger partial charge in [-0.3, -0.25) is 29.4 Å². The average Bonchev–Trinajstić information content (AvgIpc) is 3.24. The minimum absolute atomic E-state index is 0.0467. The molecule has 4 aliphatic rings. The Balaban J connectivity index is 0.884. The van der Waals surface area contributed by atoms with Crippen molar-refractivity contribution in [2.45, 2.75) is 75.5 Å². The van der Waals surface area contributed by atoms with E-state index >= 15 is 0 Å². The van der Waals surface area contributed by atoms with Gasteiger partial charge in [0.2, 0.25) is 17.7 Å². The highest BCUT2D eigenvalue weighted by atomic mass is 79.9. The van der Waals surface area contributed by atoms with Gasteiger partial charge in [-0.15, -0.1) is 0 Å². The summed E-state index contributed by atoms with van der Waals surface area (Å²) in [5.41, 5.74) is 0.254. The molecule has 1 aromatic heterocycles. The lowest BCUT2D eigenvalue weighted by Gasteiger charge is -2.39. The molecule has 3 aliphatic heterocycles. The zero-order valence-electron chi connectivity index (χ0n) is 24.1. The van der Waals surface area contributed by atoms with Crippen LogP contribution < -0.4 is 14.8 Å². The Morgan fingerprint density at radius 2 is 1.75 bits per heavy atom. The number of pyridine rings is 1. The first-order valence-electron chi connectivity index (χ1n) is 15.0. The maximum Gasteiger partial charge on any atom is 0.262 e. The van der Waals surface area contributed by atoms with Crippen LogP contribution in [0.4, 0.5) is 4.39 Å². The highest BCUT2D eigenvalue weighted by Gasteiger charge is 2.44. The molecule has 234 valence electrons. The summed E-state index contributed by atoms with van der Waals surface area (Å²) in [5, 5.41) is 2.17. The average molecular weight is 674 g/mol. The van der Waals surface area contributed by atoms with E-state index in [0.717, 1.165) is 48.1 Å². The van der Waals surface area contributed by atoms with Crippen LogP contribution in [-0.2, 0) is 14.3 Å². The summed E-state index contributed by atoms with van der Waals surface area (Å²) in [4.78, 5) is 56.9. The van der Waals surface area contributed by atoms with Crippen LogP contribution in [0.2, 0.25) is 0 Å². The minimum atomic E-state index is -1.21. The molecule has 13 heteroatoms. The van der Waals surface area contributed by atoms with Crippen LogP contribution in [0, 0.1) is 0 Å². The third-order valence-corrected chi connectivity index (χ3v) is 9.03. The van der Waals surface area contributed by atoms with Gasteiger partial charge < -0.3 is 19.1 Å².